The van der Waals surface area contributed by atoms with Crippen molar-refractivity contribution in [2.45, 2.75) is 147 Å². The molecule has 6 aliphatic rings. The SMILES string of the molecule is CC(C)(C)c1ccc2c(c1)B1c3cc(C(C)(C)C)cc4c3N(c3cc(N5c6ccccc6C6(C)CCc7ccccc7C56C)cc(c31)N2c1ccc(C(C)(C)C)cc1-c1ccccc1)C1c2ccccc2CCC41C. The van der Waals surface area contributed by atoms with E-state index in [0.29, 0.717) is 0 Å². The standard InChI is InChI=1S/C71H72BN3/c1-66(2,3)47-30-32-58(52(38-47)44-22-14-13-15-23-44)73-60-33-31-48(67(4,5)6)40-56(60)72-57-41-49(68(7,8)9)39-55-64(57)74(65-51-26-18-16-24-45(51)34-36-69(55,65)10)62-43-50(42-61(73)63(62)72)75-59-29-21-20-28-54(59)70(11)37-35-46-25-17-19-27-53(46)71(70,75)12/h13-33,38-43,65H,34-37H2,1-12H3. The van der Waals surface area contributed by atoms with Crippen molar-refractivity contribution in [3.05, 3.63) is 214 Å². The largest absolute Gasteiger partial charge is 0.334 e. The fraction of sp³-hybridized carbons (Fsp3) is 0.324. The van der Waals surface area contributed by atoms with Crippen molar-refractivity contribution in [3.63, 3.8) is 0 Å². The molecule has 4 heterocycles. The summed E-state index contributed by atoms with van der Waals surface area (Å²) in [6.45, 7) is 29.2. The van der Waals surface area contributed by atoms with Crippen LogP contribution in [-0.4, -0.2) is 6.71 Å². The number of anilines is 7. The Bertz CT molecular complexity index is 3720. The van der Waals surface area contributed by atoms with Crippen LogP contribution in [0.3, 0.4) is 0 Å². The summed E-state index contributed by atoms with van der Waals surface area (Å²) in [5, 5.41) is 0. The van der Waals surface area contributed by atoms with E-state index in [9.17, 15) is 0 Å². The number of hydrogen-bond donors (Lipinski definition) is 0. The first-order chi connectivity index (χ1) is 35.7. The van der Waals surface area contributed by atoms with E-state index in [-0.39, 0.29) is 45.4 Å². The summed E-state index contributed by atoms with van der Waals surface area (Å²) in [5.74, 6) is 0. The zero-order valence-electron chi connectivity index (χ0n) is 46.4. The summed E-state index contributed by atoms with van der Waals surface area (Å²) in [7, 11) is 0. The molecule has 0 saturated carbocycles. The summed E-state index contributed by atoms with van der Waals surface area (Å²) < 4.78 is 0. The zero-order valence-corrected chi connectivity index (χ0v) is 46.4. The van der Waals surface area contributed by atoms with Crippen LogP contribution in [0.4, 0.5) is 39.8 Å². The first kappa shape index (κ1) is 46.7. The third-order valence-electron chi connectivity index (χ3n) is 19.8. The summed E-state index contributed by atoms with van der Waals surface area (Å²) >= 11 is 0. The molecule has 8 aromatic rings. The first-order valence-corrected chi connectivity index (χ1v) is 28.1. The molecular formula is C71H72BN3. The highest BCUT2D eigenvalue weighted by atomic mass is 15.3. The molecule has 0 spiro atoms. The van der Waals surface area contributed by atoms with Crippen LogP contribution in [0.25, 0.3) is 11.1 Å². The van der Waals surface area contributed by atoms with Gasteiger partial charge >= 0.3 is 0 Å². The van der Waals surface area contributed by atoms with Gasteiger partial charge in [-0.25, -0.2) is 0 Å². The Morgan fingerprint density at radius 2 is 1.08 bits per heavy atom. The average Bonchev–Trinajstić information content (AvgIpc) is 3.91. The zero-order chi connectivity index (χ0) is 51.9. The summed E-state index contributed by atoms with van der Waals surface area (Å²) in [4.78, 5) is 8.44. The molecule has 0 amide bonds. The quantitative estimate of drug-likeness (QED) is 0.163. The molecule has 374 valence electrons. The number of hydrogen-bond acceptors (Lipinski definition) is 3. The van der Waals surface area contributed by atoms with Gasteiger partial charge in [0.1, 0.15) is 0 Å². The summed E-state index contributed by atoms with van der Waals surface area (Å²) in [6.07, 6.45) is 4.33. The van der Waals surface area contributed by atoms with Crippen molar-refractivity contribution in [3.8, 4) is 11.1 Å². The Morgan fingerprint density at radius 1 is 0.480 bits per heavy atom. The molecule has 4 atom stereocenters. The second-order valence-corrected chi connectivity index (χ2v) is 27.1. The highest BCUT2D eigenvalue weighted by Gasteiger charge is 2.61. The third kappa shape index (κ3) is 6.29. The van der Waals surface area contributed by atoms with Crippen LogP contribution < -0.4 is 31.1 Å². The topological polar surface area (TPSA) is 9.72 Å². The second-order valence-electron chi connectivity index (χ2n) is 27.1. The van der Waals surface area contributed by atoms with Crippen molar-refractivity contribution in [1.82, 2.24) is 0 Å². The molecule has 75 heavy (non-hydrogen) atoms. The molecule has 14 rings (SSSR count). The lowest BCUT2D eigenvalue weighted by Gasteiger charge is -2.52. The van der Waals surface area contributed by atoms with Crippen LogP contribution in [0.5, 0.6) is 0 Å². The summed E-state index contributed by atoms with van der Waals surface area (Å²) in [5.41, 5.74) is 28.0. The first-order valence-electron chi connectivity index (χ1n) is 28.1. The summed E-state index contributed by atoms with van der Waals surface area (Å²) in [6, 6.07) is 65.1. The lowest BCUT2D eigenvalue weighted by molar-refractivity contribution is 0.245. The maximum Gasteiger partial charge on any atom is 0.252 e. The molecule has 0 fully saturated rings. The third-order valence-corrected chi connectivity index (χ3v) is 19.8. The van der Waals surface area contributed by atoms with Gasteiger partial charge in [0.15, 0.2) is 0 Å². The predicted molar refractivity (Wildman–Crippen MR) is 319 cm³/mol. The van der Waals surface area contributed by atoms with Crippen molar-refractivity contribution in [2.24, 2.45) is 0 Å². The molecule has 0 bridgehead atoms. The molecule has 0 radical (unpaired) electrons. The van der Waals surface area contributed by atoms with E-state index in [1.165, 1.54) is 117 Å². The molecular weight excluding hydrogens is 906 g/mol. The number of nitrogens with zero attached hydrogens (tertiary/aromatic N) is 3. The van der Waals surface area contributed by atoms with Gasteiger partial charge in [0.05, 0.1) is 17.3 Å². The minimum Gasteiger partial charge on any atom is -0.334 e. The van der Waals surface area contributed by atoms with E-state index in [0.717, 1.165) is 25.7 Å². The van der Waals surface area contributed by atoms with Crippen LogP contribution in [-0.2, 0) is 45.5 Å². The van der Waals surface area contributed by atoms with E-state index in [2.05, 4.69) is 262 Å². The molecule has 3 nitrogen and oxygen atoms in total. The van der Waals surface area contributed by atoms with Gasteiger partial charge < -0.3 is 14.7 Å². The van der Waals surface area contributed by atoms with Gasteiger partial charge in [-0.2, -0.15) is 0 Å². The Hall–Kier alpha value is -6.78. The van der Waals surface area contributed by atoms with Gasteiger partial charge in [-0.15, -0.1) is 0 Å². The number of para-hydroxylation sites is 1. The van der Waals surface area contributed by atoms with Crippen LogP contribution in [0.15, 0.2) is 164 Å². The maximum absolute atomic E-state index is 2.91. The molecule has 4 heteroatoms. The van der Waals surface area contributed by atoms with Crippen molar-refractivity contribution in [1.29, 1.82) is 0 Å². The fourth-order valence-electron chi connectivity index (χ4n) is 15.5. The van der Waals surface area contributed by atoms with Crippen LogP contribution in [0.1, 0.15) is 152 Å². The highest BCUT2D eigenvalue weighted by Crippen LogP contribution is 2.66. The Labute approximate surface area is 447 Å². The van der Waals surface area contributed by atoms with Crippen LogP contribution in [0, 0.1) is 0 Å². The molecule has 4 unspecified atom stereocenters. The van der Waals surface area contributed by atoms with Gasteiger partial charge in [0.2, 0.25) is 0 Å². The van der Waals surface area contributed by atoms with E-state index in [1.54, 1.807) is 0 Å². The molecule has 4 aliphatic heterocycles. The Morgan fingerprint density at radius 3 is 1.81 bits per heavy atom. The van der Waals surface area contributed by atoms with E-state index >= 15 is 0 Å². The maximum atomic E-state index is 2.91. The van der Waals surface area contributed by atoms with Crippen molar-refractivity contribution in [2.75, 3.05) is 14.7 Å². The van der Waals surface area contributed by atoms with Gasteiger partial charge in [-0.1, -0.05) is 204 Å². The molecule has 8 aromatic carbocycles. The smallest absolute Gasteiger partial charge is 0.252 e. The van der Waals surface area contributed by atoms with Gasteiger partial charge in [-0.05, 0) is 157 Å². The number of aryl methyl sites for hydroxylation is 2. The monoisotopic (exact) mass is 978 g/mol. The van der Waals surface area contributed by atoms with Crippen molar-refractivity contribution < 1.29 is 0 Å². The fourth-order valence-corrected chi connectivity index (χ4v) is 15.5. The van der Waals surface area contributed by atoms with Gasteiger partial charge in [-0.3, -0.25) is 0 Å². The minimum atomic E-state index is -0.370. The van der Waals surface area contributed by atoms with Crippen LogP contribution in [0.2, 0.25) is 0 Å². The van der Waals surface area contributed by atoms with E-state index in [1.807, 2.05) is 0 Å². The van der Waals surface area contributed by atoms with E-state index in [4.69, 9.17) is 0 Å². The minimum absolute atomic E-state index is 0.0000406. The number of rotatable bonds is 3. The Kier molecular flexibility index (Phi) is 9.62. The average molecular weight is 978 g/mol. The van der Waals surface area contributed by atoms with Crippen molar-refractivity contribution >= 4 is 62.9 Å². The lowest BCUT2D eigenvalue weighted by atomic mass is 9.33. The van der Waals surface area contributed by atoms with Gasteiger partial charge in [0.25, 0.3) is 6.71 Å². The molecule has 2 aliphatic carbocycles. The van der Waals surface area contributed by atoms with E-state index < -0.39 is 0 Å². The number of benzene rings is 8. The molecule has 0 N–H and O–H groups in total. The highest BCUT2D eigenvalue weighted by molar-refractivity contribution is 7.00. The Balaban J connectivity index is 1.16. The van der Waals surface area contributed by atoms with Gasteiger partial charge in [0, 0.05) is 50.5 Å². The number of fused-ring (bicyclic) bond motifs is 14. The predicted octanol–water partition coefficient (Wildman–Crippen LogP) is 16.2. The van der Waals surface area contributed by atoms with Crippen LogP contribution >= 0.6 is 0 Å². The second kappa shape index (κ2) is 15.4. The lowest BCUT2D eigenvalue weighted by Crippen LogP contribution is -2.62. The normalized spacial score (nSPS) is 22.6. The molecule has 0 aromatic heterocycles. The molecule has 0 saturated heterocycles.